The molecule has 0 unspecified atom stereocenters. The van der Waals surface area contributed by atoms with Crippen molar-refractivity contribution in [3.63, 3.8) is 0 Å². The van der Waals surface area contributed by atoms with Crippen molar-refractivity contribution in [1.82, 2.24) is 14.1 Å². The van der Waals surface area contributed by atoms with Crippen LogP contribution in [0.25, 0.3) is 0 Å². The Morgan fingerprint density at radius 2 is 2.00 bits per heavy atom. The monoisotopic (exact) mass is 342 g/mol. The van der Waals surface area contributed by atoms with E-state index >= 15 is 0 Å². The molecule has 3 heterocycles. The van der Waals surface area contributed by atoms with Crippen molar-refractivity contribution in [2.75, 3.05) is 12.4 Å². The Morgan fingerprint density at radius 1 is 1.28 bits per heavy atom. The predicted molar refractivity (Wildman–Crippen MR) is 91.3 cm³/mol. The minimum absolute atomic E-state index is 0.309. The molecule has 0 fully saturated rings. The quantitative estimate of drug-likeness (QED) is 0.798. The number of carbonyl (C=O) groups is 1. The molecule has 0 aliphatic carbocycles. The number of aromatic nitrogens is 3. The molecule has 0 aromatic carbocycles. The lowest BCUT2D eigenvalue weighted by Crippen LogP contribution is -2.43. The van der Waals surface area contributed by atoms with Gasteiger partial charge in [0.25, 0.3) is 5.56 Å². The molecular formula is C17H18N4O4. The van der Waals surface area contributed by atoms with Gasteiger partial charge in [0.2, 0.25) is 0 Å². The van der Waals surface area contributed by atoms with E-state index in [1.807, 2.05) is 0 Å². The van der Waals surface area contributed by atoms with E-state index in [1.165, 1.54) is 18.7 Å². The van der Waals surface area contributed by atoms with Gasteiger partial charge in [-0.3, -0.25) is 18.9 Å². The summed E-state index contributed by atoms with van der Waals surface area (Å²) in [7, 11) is 4.27. The second-order valence-electron chi connectivity index (χ2n) is 5.84. The van der Waals surface area contributed by atoms with Crippen molar-refractivity contribution < 1.29 is 9.53 Å². The fourth-order valence-corrected chi connectivity index (χ4v) is 3.15. The summed E-state index contributed by atoms with van der Waals surface area (Å²) in [4.78, 5) is 41.6. The Kier molecular flexibility index (Phi) is 4.03. The lowest BCUT2D eigenvalue weighted by Gasteiger charge is -2.30. The number of ether oxygens (including phenoxy) is 1. The Balaban J connectivity index is 2.42. The largest absolute Gasteiger partial charge is 0.466 e. The molecular weight excluding hydrogens is 324 g/mol. The number of methoxy groups -OCH3 is 1. The summed E-state index contributed by atoms with van der Waals surface area (Å²) >= 11 is 0. The molecule has 0 bridgehead atoms. The standard InChI is InChI=1S/C17H18N4O4/c1-9-11(16(23)25-4)12(10-6-5-7-18-8-10)13-14(19-9)20(2)17(24)21(3)15(13)22/h5-8,12,19H,1-4H3/t12-/m1/s1. The molecule has 1 atom stereocenters. The summed E-state index contributed by atoms with van der Waals surface area (Å²) < 4.78 is 7.30. The van der Waals surface area contributed by atoms with Gasteiger partial charge in [0, 0.05) is 32.2 Å². The number of pyridine rings is 1. The smallest absolute Gasteiger partial charge is 0.336 e. The number of fused-ring (bicyclic) bond motifs is 1. The van der Waals surface area contributed by atoms with Crippen LogP contribution in [0.3, 0.4) is 0 Å². The summed E-state index contributed by atoms with van der Waals surface area (Å²) in [5, 5.41) is 3.01. The van der Waals surface area contributed by atoms with Crippen molar-refractivity contribution in [2.45, 2.75) is 12.8 Å². The van der Waals surface area contributed by atoms with E-state index in [0.717, 1.165) is 4.57 Å². The average molecular weight is 342 g/mol. The molecule has 2 aromatic heterocycles. The number of carbonyl (C=O) groups excluding carboxylic acids is 1. The van der Waals surface area contributed by atoms with Gasteiger partial charge in [-0.2, -0.15) is 0 Å². The van der Waals surface area contributed by atoms with Gasteiger partial charge in [0.1, 0.15) is 5.82 Å². The molecule has 130 valence electrons. The first-order valence-corrected chi connectivity index (χ1v) is 7.64. The molecule has 1 N–H and O–H groups in total. The van der Waals surface area contributed by atoms with Crippen LogP contribution in [-0.2, 0) is 23.6 Å². The SMILES string of the molecule is COC(=O)C1=C(C)Nc2c(c(=O)n(C)c(=O)n2C)[C@@H]1c1cccnc1. The number of esters is 1. The van der Waals surface area contributed by atoms with Crippen LogP contribution in [0, 0.1) is 0 Å². The van der Waals surface area contributed by atoms with Gasteiger partial charge >= 0.3 is 11.7 Å². The Labute approximate surface area is 143 Å². The zero-order valence-electron chi connectivity index (χ0n) is 14.4. The van der Waals surface area contributed by atoms with E-state index in [1.54, 1.807) is 38.5 Å². The number of anilines is 1. The van der Waals surface area contributed by atoms with Crippen molar-refractivity contribution >= 4 is 11.8 Å². The summed E-state index contributed by atoms with van der Waals surface area (Å²) in [6, 6.07) is 3.52. The first kappa shape index (κ1) is 16.7. The zero-order valence-corrected chi connectivity index (χ0v) is 14.4. The average Bonchev–Trinajstić information content (AvgIpc) is 2.63. The molecule has 3 rings (SSSR count). The third-order valence-electron chi connectivity index (χ3n) is 4.41. The summed E-state index contributed by atoms with van der Waals surface area (Å²) in [6.45, 7) is 1.71. The molecule has 1 aliphatic rings. The minimum atomic E-state index is -0.678. The first-order valence-electron chi connectivity index (χ1n) is 7.64. The number of nitrogens with one attached hydrogen (secondary N) is 1. The molecule has 8 nitrogen and oxygen atoms in total. The maximum Gasteiger partial charge on any atom is 0.336 e. The number of rotatable bonds is 2. The van der Waals surface area contributed by atoms with E-state index in [9.17, 15) is 14.4 Å². The Hall–Kier alpha value is -3.16. The van der Waals surface area contributed by atoms with E-state index < -0.39 is 23.1 Å². The molecule has 0 saturated carbocycles. The van der Waals surface area contributed by atoms with Crippen LogP contribution >= 0.6 is 0 Å². The number of hydrogen-bond acceptors (Lipinski definition) is 6. The van der Waals surface area contributed by atoms with Gasteiger partial charge in [-0.05, 0) is 18.6 Å². The van der Waals surface area contributed by atoms with Crippen molar-refractivity contribution in [3.8, 4) is 0 Å². The van der Waals surface area contributed by atoms with Crippen LogP contribution in [0.5, 0.6) is 0 Å². The van der Waals surface area contributed by atoms with Gasteiger partial charge in [-0.1, -0.05) is 6.07 Å². The van der Waals surface area contributed by atoms with Crippen LogP contribution in [-0.4, -0.2) is 27.2 Å². The predicted octanol–water partition coefficient (Wildman–Crippen LogP) is 0.483. The van der Waals surface area contributed by atoms with Crippen molar-refractivity contribution in [2.24, 2.45) is 14.1 Å². The van der Waals surface area contributed by atoms with Crippen LogP contribution in [0.2, 0.25) is 0 Å². The molecule has 0 spiro atoms. The fraction of sp³-hybridized carbons (Fsp3) is 0.294. The third-order valence-corrected chi connectivity index (χ3v) is 4.41. The van der Waals surface area contributed by atoms with E-state index in [4.69, 9.17) is 4.74 Å². The summed E-state index contributed by atoms with van der Waals surface area (Å²) in [5.74, 6) is -0.851. The van der Waals surface area contributed by atoms with Gasteiger partial charge < -0.3 is 10.1 Å². The number of hydrogen-bond donors (Lipinski definition) is 1. The Morgan fingerprint density at radius 3 is 2.60 bits per heavy atom. The van der Waals surface area contributed by atoms with Crippen LogP contribution in [0.15, 0.2) is 45.4 Å². The van der Waals surface area contributed by atoms with Crippen LogP contribution < -0.4 is 16.6 Å². The molecule has 8 heteroatoms. The van der Waals surface area contributed by atoms with Gasteiger partial charge in [-0.15, -0.1) is 0 Å². The number of nitrogens with zero attached hydrogens (tertiary/aromatic N) is 3. The molecule has 0 saturated heterocycles. The summed E-state index contributed by atoms with van der Waals surface area (Å²) in [6.07, 6.45) is 3.21. The minimum Gasteiger partial charge on any atom is -0.466 e. The zero-order chi connectivity index (χ0) is 18.3. The maximum atomic E-state index is 12.8. The third kappa shape index (κ3) is 2.46. The topological polar surface area (TPSA) is 95.2 Å². The highest BCUT2D eigenvalue weighted by Crippen LogP contribution is 2.39. The highest BCUT2D eigenvalue weighted by atomic mass is 16.5. The molecule has 2 aromatic rings. The fourth-order valence-electron chi connectivity index (χ4n) is 3.15. The van der Waals surface area contributed by atoms with Crippen molar-refractivity contribution in [3.05, 3.63) is 67.8 Å². The molecule has 0 radical (unpaired) electrons. The Bertz CT molecular complexity index is 1000. The lowest BCUT2D eigenvalue weighted by molar-refractivity contribution is -0.136. The molecule has 1 aliphatic heterocycles. The van der Waals surface area contributed by atoms with E-state index in [-0.39, 0.29) is 0 Å². The highest BCUT2D eigenvalue weighted by Gasteiger charge is 2.37. The second-order valence-corrected chi connectivity index (χ2v) is 5.84. The lowest BCUT2D eigenvalue weighted by atomic mass is 9.83. The molecule has 25 heavy (non-hydrogen) atoms. The van der Waals surface area contributed by atoms with Crippen LogP contribution in [0.4, 0.5) is 5.82 Å². The van der Waals surface area contributed by atoms with Crippen LogP contribution in [0.1, 0.15) is 24.0 Å². The first-order chi connectivity index (χ1) is 11.9. The second kappa shape index (κ2) is 6.04. The van der Waals surface area contributed by atoms with Crippen molar-refractivity contribution in [1.29, 1.82) is 0 Å². The van der Waals surface area contributed by atoms with Gasteiger partial charge in [0.05, 0.1) is 24.2 Å². The maximum absolute atomic E-state index is 12.8. The number of allylic oxidation sites excluding steroid dienone is 1. The van der Waals surface area contributed by atoms with E-state index in [2.05, 4.69) is 10.3 Å². The molecule has 0 amide bonds. The normalized spacial score (nSPS) is 16.2. The van der Waals surface area contributed by atoms with Gasteiger partial charge in [-0.25, -0.2) is 9.59 Å². The van der Waals surface area contributed by atoms with Gasteiger partial charge in [0.15, 0.2) is 0 Å². The van der Waals surface area contributed by atoms with E-state index in [0.29, 0.717) is 28.2 Å². The summed E-state index contributed by atoms with van der Waals surface area (Å²) in [5.41, 5.74) is 0.906. The highest BCUT2D eigenvalue weighted by molar-refractivity contribution is 5.94.